The van der Waals surface area contributed by atoms with Gasteiger partial charge in [-0.2, -0.15) is 0 Å². The summed E-state index contributed by atoms with van der Waals surface area (Å²) in [5, 5.41) is 3.68. The van der Waals surface area contributed by atoms with Crippen molar-refractivity contribution in [3.8, 4) is 0 Å². The number of nitrogens with zero attached hydrogens (tertiary/aromatic N) is 2. The van der Waals surface area contributed by atoms with Crippen LogP contribution in [0.2, 0.25) is 10.0 Å². The smallest absolute Gasteiger partial charge is 0.264 e. The van der Waals surface area contributed by atoms with Crippen molar-refractivity contribution in [1.82, 2.24) is 10.2 Å². The molecule has 0 aliphatic heterocycles. The van der Waals surface area contributed by atoms with E-state index in [4.69, 9.17) is 23.2 Å². The van der Waals surface area contributed by atoms with Crippen LogP contribution in [0, 0.1) is 13.8 Å². The monoisotopic (exact) mass is 679 g/mol. The van der Waals surface area contributed by atoms with Crippen LogP contribution in [0.1, 0.15) is 43.0 Å². The third kappa shape index (κ3) is 8.90. The van der Waals surface area contributed by atoms with Gasteiger partial charge < -0.3 is 10.2 Å². The molecule has 0 fully saturated rings. The van der Waals surface area contributed by atoms with Gasteiger partial charge in [0.25, 0.3) is 10.0 Å². The van der Waals surface area contributed by atoms with E-state index >= 15 is 0 Å². The number of anilines is 1. The average molecular weight is 681 g/mol. The Kier molecular flexibility index (Phi) is 11.2. The molecule has 4 rings (SSSR count). The van der Waals surface area contributed by atoms with E-state index in [0.717, 1.165) is 15.4 Å². The fourth-order valence-corrected chi connectivity index (χ4v) is 6.83. The Hall–Kier alpha value is -3.85. The molecule has 2 amide bonds. The molecule has 4 aromatic carbocycles. The quantitative estimate of drug-likeness (QED) is 0.179. The Morgan fingerprint density at radius 1 is 0.804 bits per heavy atom. The van der Waals surface area contributed by atoms with Gasteiger partial charge in [0.15, 0.2) is 0 Å². The highest BCUT2D eigenvalue weighted by Gasteiger charge is 2.36. The summed E-state index contributed by atoms with van der Waals surface area (Å²) in [6.07, 6.45) is 0.199. The summed E-state index contributed by atoms with van der Waals surface area (Å²) in [6, 6.07) is 26.9. The molecule has 0 saturated carbocycles. The van der Waals surface area contributed by atoms with E-state index in [1.165, 1.54) is 17.0 Å². The van der Waals surface area contributed by atoms with Crippen LogP contribution < -0.4 is 9.62 Å². The number of hydrogen-bond acceptors (Lipinski definition) is 4. The van der Waals surface area contributed by atoms with E-state index < -0.39 is 34.1 Å². The highest BCUT2D eigenvalue weighted by molar-refractivity contribution is 7.92. The number of sulfonamides is 1. The second-order valence-corrected chi connectivity index (χ2v) is 15.0. The molecule has 0 spiro atoms. The molecule has 0 aliphatic rings. The minimum Gasteiger partial charge on any atom is -0.350 e. The molecule has 4 aromatic rings. The van der Waals surface area contributed by atoms with Crippen LogP contribution >= 0.6 is 23.2 Å². The van der Waals surface area contributed by atoms with Crippen molar-refractivity contribution in [2.75, 3.05) is 10.8 Å². The molecule has 0 aliphatic carbocycles. The zero-order chi connectivity index (χ0) is 33.6. The van der Waals surface area contributed by atoms with Gasteiger partial charge in [0.1, 0.15) is 12.6 Å². The fourth-order valence-electron chi connectivity index (χ4n) is 5.04. The number of rotatable bonds is 11. The second-order valence-electron chi connectivity index (χ2n) is 12.3. The predicted molar refractivity (Wildman–Crippen MR) is 186 cm³/mol. The number of para-hydroxylation sites is 1. The van der Waals surface area contributed by atoms with Gasteiger partial charge in [-0.1, -0.05) is 95.5 Å². The topological polar surface area (TPSA) is 86.8 Å². The zero-order valence-corrected chi connectivity index (χ0v) is 29.0. The first-order chi connectivity index (χ1) is 21.7. The number of halogens is 2. The zero-order valence-electron chi connectivity index (χ0n) is 26.6. The molecule has 1 N–H and O–H groups in total. The van der Waals surface area contributed by atoms with Gasteiger partial charge >= 0.3 is 0 Å². The van der Waals surface area contributed by atoms with Gasteiger partial charge in [0, 0.05) is 18.5 Å². The number of benzene rings is 4. The van der Waals surface area contributed by atoms with Crippen LogP contribution in [-0.2, 0) is 32.6 Å². The first-order valence-electron chi connectivity index (χ1n) is 14.9. The van der Waals surface area contributed by atoms with Gasteiger partial charge in [0.05, 0.1) is 20.6 Å². The maximum Gasteiger partial charge on any atom is 0.264 e. The molecule has 0 bridgehead atoms. The highest BCUT2D eigenvalue weighted by atomic mass is 35.5. The number of carbonyl (C=O) groups excluding carboxylic acids is 2. The van der Waals surface area contributed by atoms with E-state index in [1.54, 1.807) is 61.5 Å². The first kappa shape index (κ1) is 35.0. The molecule has 0 unspecified atom stereocenters. The molecule has 7 nitrogen and oxygen atoms in total. The fraction of sp³-hybridized carbons (Fsp3) is 0.278. The van der Waals surface area contributed by atoms with Gasteiger partial charge in [-0.15, -0.1) is 0 Å². The lowest BCUT2D eigenvalue weighted by Gasteiger charge is -2.35. The number of carbonyl (C=O) groups is 2. The van der Waals surface area contributed by atoms with Crippen molar-refractivity contribution in [1.29, 1.82) is 0 Å². The van der Waals surface area contributed by atoms with Crippen molar-refractivity contribution in [3.63, 3.8) is 0 Å². The third-order valence-corrected chi connectivity index (χ3v) is 9.89. The number of hydrogen-bond donors (Lipinski definition) is 1. The van der Waals surface area contributed by atoms with E-state index in [-0.39, 0.29) is 23.8 Å². The normalized spacial score (nSPS) is 12.3. The molecule has 0 saturated heterocycles. The van der Waals surface area contributed by atoms with Gasteiger partial charge in [-0.05, 0) is 81.6 Å². The minimum atomic E-state index is -4.19. The van der Waals surface area contributed by atoms with E-state index in [1.807, 2.05) is 58.0 Å². The molecule has 10 heteroatoms. The summed E-state index contributed by atoms with van der Waals surface area (Å²) in [4.78, 5) is 30.1. The van der Waals surface area contributed by atoms with Gasteiger partial charge in [-0.25, -0.2) is 8.42 Å². The molecular formula is C36H39Cl2N3O4S. The van der Waals surface area contributed by atoms with Crippen LogP contribution in [0.15, 0.2) is 102 Å². The van der Waals surface area contributed by atoms with Crippen molar-refractivity contribution in [2.45, 2.75) is 64.1 Å². The lowest BCUT2D eigenvalue weighted by Crippen LogP contribution is -2.56. The Balaban J connectivity index is 1.84. The first-order valence-corrected chi connectivity index (χ1v) is 17.1. The van der Waals surface area contributed by atoms with Crippen molar-refractivity contribution < 1.29 is 18.0 Å². The molecule has 1 atom stereocenters. The summed E-state index contributed by atoms with van der Waals surface area (Å²) in [5.41, 5.74) is 2.82. The van der Waals surface area contributed by atoms with E-state index in [0.29, 0.717) is 26.9 Å². The molecular weight excluding hydrogens is 641 g/mol. The Morgan fingerprint density at radius 3 is 2.04 bits per heavy atom. The van der Waals surface area contributed by atoms with E-state index in [2.05, 4.69) is 5.32 Å². The maximum atomic E-state index is 14.6. The predicted octanol–water partition coefficient (Wildman–Crippen LogP) is 7.36. The molecule has 0 radical (unpaired) electrons. The Bertz CT molecular complexity index is 1790. The number of nitrogens with one attached hydrogen (secondary N) is 1. The lowest BCUT2D eigenvalue weighted by molar-refractivity contribution is -0.140. The molecule has 0 heterocycles. The van der Waals surface area contributed by atoms with Gasteiger partial charge in [0.2, 0.25) is 11.8 Å². The third-order valence-electron chi connectivity index (χ3n) is 7.38. The number of amides is 2. The van der Waals surface area contributed by atoms with Crippen LogP contribution in [0.4, 0.5) is 5.69 Å². The van der Waals surface area contributed by atoms with Crippen LogP contribution in [0.5, 0.6) is 0 Å². The SMILES string of the molecule is Cc1ccc(S(=O)(=O)N(CC(=O)N(Cc2ccc(Cl)c(Cl)c2)[C@H](Cc2ccccc2)C(=O)NC(C)(C)C)c2ccccc2C)cc1. The number of aryl methyl sites for hydroxylation is 2. The largest absolute Gasteiger partial charge is 0.350 e. The highest BCUT2D eigenvalue weighted by Crippen LogP contribution is 2.29. The molecule has 242 valence electrons. The summed E-state index contributed by atoms with van der Waals surface area (Å²) in [6.45, 7) is 8.69. The average Bonchev–Trinajstić information content (AvgIpc) is 2.99. The van der Waals surface area contributed by atoms with Crippen LogP contribution in [0.25, 0.3) is 0 Å². The van der Waals surface area contributed by atoms with Gasteiger partial charge in [-0.3, -0.25) is 13.9 Å². The summed E-state index contributed by atoms with van der Waals surface area (Å²) in [7, 11) is -4.19. The summed E-state index contributed by atoms with van der Waals surface area (Å²) < 4.78 is 29.6. The van der Waals surface area contributed by atoms with Crippen LogP contribution in [-0.4, -0.2) is 43.3 Å². The van der Waals surface area contributed by atoms with Crippen LogP contribution in [0.3, 0.4) is 0 Å². The lowest BCUT2D eigenvalue weighted by atomic mass is 10.0. The summed E-state index contributed by atoms with van der Waals surface area (Å²) in [5.74, 6) is -0.927. The second kappa shape index (κ2) is 14.7. The standard InChI is InChI=1S/C36H39Cl2N3O4S/c1-25-15-18-29(19-16-25)46(44,45)41(32-14-10-9-11-26(32)2)24-34(42)40(23-28-17-20-30(37)31(38)21-28)33(35(43)39-36(3,4)5)22-27-12-7-6-8-13-27/h6-21,33H,22-24H2,1-5H3,(H,39,43)/t33-/m1/s1. The summed E-state index contributed by atoms with van der Waals surface area (Å²) >= 11 is 12.5. The van der Waals surface area contributed by atoms with Crippen molar-refractivity contribution in [3.05, 3.63) is 129 Å². The van der Waals surface area contributed by atoms with Crippen molar-refractivity contribution >= 4 is 50.7 Å². The maximum absolute atomic E-state index is 14.6. The molecule has 46 heavy (non-hydrogen) atoms. The van der Waals surface area contributed by atoms with Crippen molar-refractivity contribution in [2.24, 2.45) is 0 Å². The van der Waals surface area contributed by atoms with E-state index in [9.17, 15) is 18.0 Å². The Morgan fingerprint density at radius 2 is 1.43 bits per heavy atom. The minimum absolute atomic E-state index is 0.0169. The Labute approximate surface area is 282 Å². The molecule has 0 aromatic heterocycles.